The zero-order valence-electron chi connectivity index (χ0n) is 17.4. The number of imidazole rings is 1. The molecule has 0 spiro atoms. The van der Waals surface area contributed by atoms with E-state index in [1.807, 2.05) is 18.2 Å². The van der Waals surface area contributed by atoms with Crippen molar-refractivity contribution >= 4 is 22.9 Å². The Labute approximate surface area is 173 Å². The first kappa shape index (κ1) is 18.9. The highest BCUT2D eigenvalue weighted by molar-refractivity contribution is 5.80. The van der Waals surface area contributed by atoms with Crippen LogP contribution in [-0.2, 0) is 4.79 Å². The Morgan fingerprint density at radius 1 is 0.897 bits per heavy atom. The number of anilines is 1. The summed E-state index contributed by atoms with van der Waals surface area (Å²) in [6, 6.07) is 8.86. The number of rotatable bonds is 3. The highest BCUT2D eigenvalue weighted by Gasteiger charge is 2.33. The van der Waals surface area contributed by atoms with Crippen LogP contribution < -0.4 is 4.90 Å². The Morgan fingerprint density at radius 3 is 2.34 bits per heavy atom. The summed E-state index contributed by atoms with van der Waals surface area (Å²) < 4.78 is 0. The summed E-state index contributed by atoms with van der Waals surface area (Å²) in [4.78, 5) is 28.4. The van der Waals surface area contributed by atoms with Crippen molar-refractivity contribution in [3.05, 3.63) is 24.3 Å². The van der Waals surface area contributed by atoms with Gasteiger partial charge in [-0.15, -0.1) is 0 Å². The van der Waals surface area contributed by atoms with E-state index >= 15 is 0 Å². The average Bonchev–Trinajstić information content (AvgIpc) is 3.24. The van der Waals surface area contributed by atoms with Crippen LogP contribution in [-0.4, -0.2) is 71.0 Å². The van der Waals surface area contributed by atoms with Gasteiger partial charge in [0.05, 0.1) is 11.0 Å². The number of aromatic amines is 1. The third kappa shape index (κ3) is 4.00. The number of carbonyl (C=O) groups is 1. The molecule has 6 heteroatoms. The first-order valence-corrected chi connectivity index (χ1v) is 11.5. The van der Waals surface area contributed by atoms with E-state index in [0.29, 0.717) is 11.9 Å². The number of amides is 1. The summed E-state index contributed by atoms with van der Waals surface area (Å²) in [7, 11) is 0. The molecule has 156 valence electrons. The van der Waals surface area contributed by atoms with Gasteiger partial charge in [0.1, 0.15) is 0 Å². The number of hydrogen-bond acceptors (Lipinski definition) is 4. The molecule has 4 heterocycles. The molecule has 0 aliphatic carbocycles. The molecule has 1 aromatic heterocycles. The first-order chi connectivity index (χ1) is 14.3. The largest absolute Gasteiger partial charge is 0.342 e. The predicted octanol–water partition coefficient (Wildman–Crippen LogP) is 3.26. The maximum absolute atomic E-state index is 13.1. The van der Waals surface area contributed by atoms with Gasteiger partial charge in [-0.3, -0.25) is 4.79 Å². The highest BCUT2D eigenvalue weighted by Crippen LogP contribution is 2.27. The molecule has 3 aliphatic rings. The minimum absolute atomic E-state index is 0.183. The van der Waals surface area contributed by atoms with Crippen molar-refractivity contribution in [3.8, 4) is 0 Å². The number of piperidine rings is 3. The number of nitrogens with one attached hydrogen (secondary N) is 1. The summed E-state index contributed by atoms with van der Waals surface area (Å²) in [6.45, 7) is 6.23. The molecule has 0 atom stereocenters. The van der Waals surface area contributed by atoms with Gasteiger partial charge in [-0.2, -0.15) is 0 Å². The van der Waals surface area contributed by atoms with Crippen molar-refractivity contribution in [2.75, 3.05) is 44.2 Å². The zero-order chi connectivity index (χ0) is 19.6. The molecular weight excluding hydrogens is 362 g/mol. The predicted molar refractivity (Wildman–Crippen MR) is 116 cm³/mol. The maximum atomic E-state index is 13.1. The second-order valence-corrected chi connectivity index (χ2v) is 8.99. The Bertz CT molecular complexity index is 794. The zero-order valence-corrected chi connectivity index (χ0v) is 17.4. The van der Waals surface area contributed by atoms with Gasteiger partial charge in [-0.1, -0.05) is 18.6 Å². The maximum Gasteiger partial charge on any atom is 0.225 e. The molecule has 3 aliphatic heterocycles. The van der Waals surface area contributed by atoms with Crippen molar-refractivity contribution in [1.82, 2.24) is 19.8 Å². The van der Waals surface area contributed by atoms with Crippen molar-refractivity contribution < 1.29 is 4.79 Å². The van der Waals surface area contributed by atoms with E-state index in [1.165, 1.54) is 32.4 Å². The van der Waals surface area contributed by atoms with Crippen molar-refractivity contribution in [2.45, 2.75) is 51.0 Å². The monoisotopic (exact) mass is 395 g/mol. The van der Waals surface area contributed by atoms with E-state index in [1.54, 1.807) is 0 Å². The lowest BCUT2D eigenvalue weighted by Crippen LogP contribution is -2.50. The van der Waals surface area contributed by atoms with E-state index in [-0.39, 0.29) is 5.92 Å². The molecule has 0 radical (unpaired) electrons. The van der Waals surface area contributed by atoms with Crippen LogP contribution in [0, 0.1) is 5.92 Å². The smallest absolute Gasteiger partial charge is 0.225 e. The Hall–Kier alpha value is -2.08. The third-order valence-corrected chi connectivity index (χ3v) is 7.20. The van der Waals surface area contributed by atoms with Crippen LogP contribution in [0.25, 0.3) is 11.0 Å². The fraction of sp³-hybridized carbons (Fsp3) is 0.652. The summed E-state index contributed by atoms with van der Waals surface area (Å²) in [5.74, 6) is 1.52. The fourth-order valence-electron chi connectivity index (χ4n) is 5.42. The Morgan fingerprint density at radius 2 is 1.62 bits per heavy atom. The lowest BCUT2D eigenvalue weighted by molar-refractivity contribution is -0.137. The van der Waals surface area contributed by atoms with E-state index in [2.05, 4.69) is 25.8 Å². The van der Waals surface area contributed by atoms with Crippen LogP contribution in [0.2, 0.25) is 0 Å². The van der Waals surface area contributed by atoms with Crippen LogP contribution in [0.1, 0.15) is 44.9 Å². The molecule has 6 nitrogen and oxygen atoms in total. The lowest BCUT2D eigenvalue weighted by atomic mass is 9.93. The second kappa shape index (κ2) is 8.34. The Balaban J connectivity index is 1.12. The van der Waals surface area contributed by atoms with E-state index in [0.717, 1.165) is 68.8 Å². The van der Waals surface area contributed by atoms with Gasteiger partial charge in [-0.25, -0.2) is 4.98 Å². The topological polar surface area (TPSA) is 55.5 Å². The molecule has 1 amide bonds. The van der Waals surface area contributed by atoms with Crippen LogP contribution in [0.3, 0.4) is 0 Å². The number of para-hydroxylation sites is 2. The standard InChI is InChI=1S/C23H33N5O/c29-22(27-16-10-19(11-17-27)26-12-4-1-5-13-26)18-8-14-28(15-9-18)23-24-20-6-2-3-7-21(20)25-23/h2-3,6-7,18-19H,1,4-5,8-17H2,(H,24,25). The van der Waals surface area contributed by atoms with E-state index in [4.69, 9.17) is 4.98 Å². The first-order valence-electron chi connectivity index (χ1n) is 11.5. The molecule has 3 saturated heterocycles. The number of hydrogen-bond donors (Lipinski definition) is 1. The molecular formula is C23H33N5O. The van der Waals surface area contributed by atoms with Crippen molar-refractivity contribution in [3.63, 3.8) is 0 Å². The minimum atomic E-state index is 0.183. The molecule has 29 heavy (non-hydrogen) atoms. The van der Waals surface area contributed by atoms with Gasteiger partial charge in [-0.05, 0) is 63.7 Å². The highest BCUT2D eigenvalue weighted by atomic mass is 16.2. The van der Waals surface area contributed by atoms with Gasteiger partial charge < -0.3 is 19.7 Å². The number of benzene rings is 1. The molecule has 0 saturated carbocycles. The number of carbonyl (C=O) groups excluding carboxylic acids is 1. The van der Waals surface area contributed by atoms with Crippen LogP contribution >= 0.6 is 0 Å². The van der Waals surface area contributed by atoms with E-state index < -0.39 is 0 Å². The summed E-state index contributed by atoms with van der Waals surface area (Å²) >= 11 is 0. The normalized spacial score (nSPS) is 23.0. The number of H-pyrrole nitrogens is 1. The fourth-order valence-corrected chi connectivity index (χ4v) is 5.42. The SMILES string of the molecule is O=C(C1CCN(c2nc3ccccc3[nH]2)CC1)N1CCC(N2CCCCC2)CC1. The Kier molecular flexibility index (Phi) is 5.44. The van der Waals surface area contributed by atoms with Gasteiger partial charge >= 0.3 is 0 Å². The van der Waals surface area contributed by atoms with Crippen molar-refractivity contribution in [2.24, 2.45) is 5.92 Å². The minimum Gasteiger partial charge on any atom is -0.342 e. The van der Waals surface area contributed by atoms with Gasteiger partial charge in [0, 0.05) is 38.1 Å². The molecule has 5 rings (SSSR count). The van der Waals surface area contributed by atoms with Gasteiger partial charge in [0.25, 0.3) is 0 Å². The van der Waals surface area contributed by atoms with Crippen LogP contribution in [0.15, 0.2) is 24.3 Å². The number of aromatic nitrogens is 2. The van der Waals surface area contributed by atoms with Crippen LogP contribution in [0.4, 0.5) is 5.95 Å². The lowest BCUT2D eigenvalue weighted by Gasteiger charge is -2.41. The van der Waals surface area contributed by atoms with Gasteiger partial charge in [0.15, 0.2) is 0 Å². The average molecular weight is 396 g/mol. The summed E-state index contributed by atoms with van der Waals surface area (Å²) in [5.41, 5.74) is 2.09. The van der Waals surface area contributed by atoms with E-state index in [9.17, 15) is 4.79 Å². The van der Waals surface area contributed by atoms with Crippen molar-refractivity contribution in [1.29, 1.82) is 0 Å². The molecule has 2 aromatic rings. The second-order valence-electron chi connectivity index (χ2n) is 8.99. The number of fused-ring (bicyclic) bond motifs is 1. The quantitative estimate of drug-likeness (QED) is 0.867. The number of nitrogens with zero attached hydrogens (tertiary/aromatic N) is 4. The molecule has 0 bridgehead atoms. The molecule has 0 unspecified atom stereocenters. The molecule has 3 fully saturated rings. The summed E-state index contributed by atoms with van der Waals surface area (Å²) in [6.07, 6.45) is 8.27. The summed E-state index contributed by atoms with van der Waals surface area (Å²) in [5, 5.41) is 0. The molecule has 1 N–H and O–H groups in total. The third-order valence-electron chi connectivity index (χ3n) is 7.20. The number of likely N-dealkylation sites (tertiary alicyclic amines) is 2. The van der Waals surface area contributed by atoms with Crippen LogP contribution in [0.5, 0.6) is 0 Å². The van der Waals surface area contributed by atoms with Gasteiger partial charge in [0.2, 0.25) is 11.9 Å². The molecule has 1 aromatic carbocycles.